The summed E-state index contributed by atoms with van der Waals surface area (Å²) in [4.78, 5) is 14.0. The van der Waals surface area contributed by atoms with Gasteiger partial charge in [-0.3, -0.25) is 10.1 Å². The first-order chi connectivity index (χ1) is 10.6. The van der Waals surface area contributed by atoms with Gasteiger partial charge in [-0.1, -0.05) is 0 Å². The number of hydrogen-bond donors (Lipinski definition) is 2. The molecule has 128 valence electrons. The van der Waals surface area contributed by atoms with Crippen molar-refractivity contribution >= 4 is 11.5 Å². The van der Waals surface area contributed by atoms with Crippen LogP contribution in [0.2, 0.25) is 0 Å². The number of rotatable bonds is 4. The third kappa shape index (κ3) is 4.31. The number of aryl methyl sites for hydroxylation is 1. The van der Waals surface area contributed by atoms with Gasteiger partial charge in [-0.2, -0.15) is 13.2 Å². The highest BCUT2D eigenvalue weighted by molar-refractivity contribution is 5.47. The van der Waals surface area contributed by atoms with E-state index < -0.39 is 22.6 Å². The van der Waals surface area contributed by atoms with E-state index in [9.17, 15) is 28.4 Å². The highest BCUT2D eigenvalue weighted by Crippen LogP contribution is 2.41. The molecule has 6 nitrogen and oxygen atoms in total. The lowest BCUT2D eigenvalue weighted by Crippen LogP contribution is -2.45. The molecule has 1 aliphatic rings. The summed E-state index contributed by atoms with van der Waals surface area (Å²) in [5, 5.41) is 23.9. The highest BCUT2D eigenvalue weighted by atomic mass is 19.4. The number of aromatic nitrogens is 1. The van der Waals surface area contributed by atoms with Crippen molar-refractivity contribution in [3.63, 3.8) is 0 Å². The van der Waals surface area contributed by atoms with E-state index >= 15 is 0 Å². The molecule has 1 fully saturated rings. The molecule has 1 aromatic heterocycles. The van der Waals surface area contributed by atoms with Crippen molar-refractivity contribution in [3.8, 4) is 0 Å². The molecule has 2 unspecified atom stereocenters. The summed E-state index contributed by atoms with van der Waals surface area (Å²) in [6.45, 7) is 1.46. The average molecular weight is 333 g/mol. The van der Waals surface area contributed by atoms with E-state index in [1.54, 1.807) is 6.92 Å². The minimum atomic E-state index is -4.31. The number of hydrogen-bond acceptors (Lipinski definition) is 5. The smallest absolute Gasteiger partial charge is 0.388 e. The molecule has 0 aliphatic heterocycles. The Kier molecular flexibility index (Phi) is 4.79. The second kappa shape index (κ2) is 6.31. The molecule has 0 amide bonds. The van der Waals surface area contributed by atoms with Gasteiger partial charge < -0.3 is 10.4 Å². The van der Waals surface area contributed by atoms with Crippen molar-refractivity contribution in [2.24, 2.45) is 5.92 Å². The van der Waals surface area contributed by atoms with Gasteiger partial charge in [-0.15, -0.1) is 0 Å². The van der Waals surface area contributed by atoms with Crippen molar-refractivity contribution in [2.75, 3.05) is 11.9 Å². The van der Waals surface area contributed by atoms with Gasteiger partial charge >= 0.3 is 6.18 Å². The van der Waals surface area contributed by atoms with Crippen molar-refractivity contribution < 1.29 is 23.2 Å². The van der Waals surface area contributed by atoms with Crippen LogP contribution in [0.5, 0.6) is 0 Å². The summed E-state index contributed by atoms with van der Waals surface area (Å²) in [6, 6.07) is 1.44. The molecule has 9 heteroatoms. The largest absolute Gasteiger partial charge is 0.391 e. The maximum absolute atomic E-state index is 12.8. The Morgan fingerprint density at radius 3 is 2.83 bits per heavy atom. The molecule has 0 saturated heterocycles. The fraction of sp³-hybridized carbons (Fsp3) is 0.643. The second-order valence-electron chi connectivity index (χ2n) is 6.03. The molecule has 2 N–H and O–H groups in total. The topological polar surface area (TPSA) is 88.3 Å². The maximum Gasteiger partial charge on any atom is 0.391 e. The number of halogens is 3. The Labute approximate surface area is 130 Å². The van der Waals surface area contributed by atoms with Crippen LogP contribution in [0, 0.1) is 23.0 Å². The fourth-order valence-corrected chi connectivity index (χ4v) is 2.87. The van der Waals surface area contributed by atoms with E-state index in [1.807, 2.05) is 0 Å². The summed E-state index contributed by atoms with van der Waals surface area (Å²) >= 11 is 0. The van der Waals surface area contributed by atoms with Gasteiger partial charge in [0.05, 0.1) is 16.4 Å². The van der Waals surface area contributed by atoms with Crippen LogP contribution in [0.3, 0.4) is 0 Å². The zero-order valence-corrected chi connectivity index (χ0v) is 12.6. The molecule has 0 radical (unpaired) electrons. The Hall–Kier alpha value is -1.90. The van der Waals surface area contributed by atoms with Crippen LogP contribution >= 0.6 is 0 Å². The van der Waals surface area contributed by atoms with Crippen LogP contribution in [-0.2, 0) is 0 Å². The van der Waals surface area contributed by atoms with Crippen LogP contribution in [0.25, 0.3) is 0 Å². The van der Waals surface area contributed by atoms with Crippen molar-refractivity contribution in [3.05, 3.63) is 27.9 Å². The van der Waals surface area contributed by atoms with E-state index in [0.29, 0.717) is 12.0 Å². The minimum Gasteiger partial charge on any atom is -0.388 e. The molecule has 23 heavy (non-hydrogen) atoms. The molecule has 2 rings (SSSR count). The minimum absolute atomic E-state index is 0.0285. The lowest BCUT2D eigenvalue weighted by Gasteiger charge is -2.37. The van der Waals surface area contributed by atoms with Gasteiger partial charge in [0.15, 0.2) is 0 Å². The van der Waals surface area contributed by atoms with Crippen LogP contribution in [0.4, 0.5) is 24.7 Å². The Bertz CT molecular complexity index is 594. The molecule has 1 saturated carbocycles. The monoisotopic (exact) mass is 333 g/mol. The normalized spacial score (nSPS) is 25.2. The number of nitro groups is 1. The Morgan fingerprint density at radius 1 is 1.57 bits per heavy atom. The molecule has 0 aromatic carbocycles. The number of alkyl halides is 3. The van der Waals surface area contributed by atoms with E-state index in [2.05, 4.69) is 10.3 Å². The van der Waals surface area contributed by atoms with E-state index in [0.717, 1.165) is 6.20 Å². The summed E-state index contributed by atoms with van der Waals surface area (Å²) in [6.07, 6.45) is -2.97. The van der Waals surface area contributed by atoms with E-state index in [-0.39, 0.29) is 37.3 Å². The van der Waals surface area contributed by atoms with Crippen molar-refractivity contribution in [2.45, 2.75) is 44.4 Å². The van der Waals surface area contributed by atoms with E-state index in [4.69, 9.17) is 0 Å². The predicted octanol–water partition coefficient (Wildman–Crippen LogP) is 3.19. The highest BCUT2D eigenvalue weighted by Gasteiger charge is 2.46. The summed E-state index contributed by atoms with van der Waals surface area (Å²) in [5.41, 5.74) is -1.21. The molecule has 1 aromatic rings. The second-order valence-corrected chi connectivity index (χ2v) is 6.03. The summed E-state index contributed by atoms with van der Waals surface area (Å²) in [7, 11) is 0. The number of pyridine rings is 1. The van der Waals surface area contributed by atoms with Crippen LogP contribution in [0.15, 0.2) is 12.3 Å². The third-order valence-corrected chi connectivity index (χ3v) is 4.16. The Morgan fingerprint density at radius 2 is 2.26 bits per heavy atom. The van der Waals surface area contributed by atoms with Crippen LogP contribution in [-0.4, -0.2) is 33.3 Å². The van der Waals surface area contributed by atoms with Gasteiger partial charge in [0.1, 0.15) is 12.0 Å². The molecule has 1 aliphatic carbocycles. The maximum atomic E-state index is 12.8. The first-order valence-electron chi connectivity index (χ1n) is 7.25. The zero-order valence-electron chi connectivity index (χ0n) is 12.6. The molecule has 0 bridgehead atoms. The first kappa shape index (κ1) is 17.5. The average Bonchev–Trinajstić information content (AvgIpc) is 2.44. The molecule has 2 atom stereocenters. The Balaban J connectivity index is 2.02. The number of nitrogens with zero attached hydrogens (tertiary/aromatic N) is 2. The SMILES string of the molecule is Cc1cc(NCC2(O)CCCC(C(F)(F)F)C2)ncc1[N+](=O)[O-]. The summed E-state index contributed by atoms with van der Waals surface area (Å²) in [5.74, 6) is -1.22. The molecule has 1 heterocycles. The lowest BCUT2D eigenvalue weighted by molar-refractivity contribution is -0.385. The van der Waals surface area contributed by atoms with E-state index in [1.165, 1.54) is 6.07 Å². The van der Waals surface area contributed by atoms with Gasteiger partial charge in [-0.05, 0) is 38.7 Å². The zero-order chi connectivity index (χ0) is 17.3. The molecular weight excluding hydrogens is 315 g/mol. The van der Waals surface area contributed by atoms with Crippen molar-refractivity contribution in [1.82, 2.24) is 4.98 Å². The number of nitrogens with one attached hydrogen (secondary N) is 1. The standard InChI is InChI=1S/C14H18F3N3O3/c1-9-5-12(18-7-11(9)20(22)23)19-8-13(21)4-2-3-10(6-13)14(15,16)17/h5,7,10,21H,2-4,6,8H2,1H3,(H,18,19). The quantitative estimate of drug-likeness (QED) is 0.652. The lowest BCUT2D eigenvalue weighted by atomic mass is 9.77. The molecular formula is C14H18F3N3O3. The summed E-state index contributed by atoms with van der Waals surface area (Å²) < 4.78 is 38.4. The van der Waals surface area contributed by atoms with Crippen LogP contribution in [0.1, 0.15) is 31.2 Å². The van der Waals surface area contributed by atoms with Gasteiger partial charge in [0.25, 0.3) is 5.69 Å². The number of aliphatic hydroxyl groups is 1. The fourth-order valence-electron chi connectivity index (χ4n) is 2.87. The van der Waals surface area contributed by atoms with Gasteiger partial charge in [0, 0.05) is 12.1 Å². The predicted molar refractivity (Wildman–Crippen MR) is 77.1 cm³/mol. The van der Waals surface area contributed by atoms with Crippen molar-refractivity contribution in [1.29, 1.82) is 0 Å². The first-order valence-corrected chi connectivity index (χ1v) is 7.25. The third-order valence-electron chi connectivity index (χ3n) is 4.16. The van der Waals surface area contributed by atoms with Crippen LogP contribution < -0.4 is 5.32 Å². The van der Waals surface area contributed by atoms with Gasteiger partial charge in [0.2, 0.25) is 0 Å². The van der Waals surface area contributed by atoms with Gasteiger partial charge in [-0.25, -0.2) is 4.98 Å². The molecule has 0 spiro atoms. The number of anilines is 1.